The Kier molecular flexibility index (Phi) is 3.78. The fraction of sp³-hybridized carbons (Fsp3) is 0.154. The second-order valence-electron chi connectivity index (χ2n) is 3.99. The molecule has 0 amide bonds. The Bertz CT molecular complexity index is 567. The van der Waals surface area contributed by atoms with E-state index in [0.29, 0.717) is 16.1 Å². The lowest BCUT2D eigenvalue weighted by molar-refractivity contribution is -0.137. The lowest BCUT2D eigenvalue weighted by Gasteiger charge is -2.15. The van der Waals surface area contributed by atoms with E-state index >= 15 is 0 Å². The molecule has 6 heteroatoms. The number of hydrogen-bond acceptors (Lipinski definition) is 2. The molecule has 1 aromatic heterocycles. The Morgan fingerprint density at radius 3 is 2.26 bits per heavy atom. The molecule has 0 fully saturated rings. The Balaban J connectivity index is 2.31. The summed E-state index contributed by atoms with van der Waals surface area (Å²) in [5.41, 5.74) is 6.46. The van der Waals surface area contributed by atoms with E-state index in [1.54, 1.807) is 6.07 Å². The summed E-state index contributed by atoms with van der Waals surface area (Å²) in [5.74, 6) is 0. The molecule has 2 nitrogen and oxygen atoms in total. The first-order valence-corrected chi connectivity index (χ1v) is 5.79. The first kappa shape index (κ1) is 13.8. The summed E-state index contributed by atoms with van der Waals surface area (Å²) in [6, 6.07) is 5.77. The number of hydrogen-bond donors (Lipinski definition) is 1. The molecule has 0 aliphatic rings. The normalized spacial score (nSPS) is 13.3. The van der Waals surface area contributed by atoms with Gasteiger partial charge in [-0.2, -0.15) is 13.2 Å². The maximum Gasteiger partial charge on any atom is 0.416 e. The highest BCUT2D eigenvalue weighted by molar-refractivity contribution is 6.31. The lowest BCUT2D eigenvalue weighted by atomic mass is 9.99. The molecule has 2 rings (SSSR count). The molecule has 0 radical (unpaired) electrons. The minimum absolute atomic E-state index is 0.384. The first-order chi connectivity index (χ1) is 8.89. The zero-order chi connectivity index (χ0) is 14.0. The van der Waals surface area contributed by atoms with Gasteiger partial charge in [0.25, 0.3) is 0 Å². The topological polar surface area (TPSA) is 38.9 Å². The first-order valence-electron chi connectivity index (χ1n) is 5.42. The maximum absolute atomic E-state index is 12.4. The molecule has 1 atom stereocenters. The highest BCUT2D eigenvalue weighted by atomic mass is 35.5. The third kappa shape index (κ3) is 3.05. The van der Waals surface area contributed by atoms with Crippen LogP contribution in [0.15, 0.2) is 42.7 Å². The number of nitrogens with two attached hydrogens (primary N) is 1. The van der Waals surface area contributed by atoms with Crippen molar-refractivity contribution < 1.29 is 13.2 Å². The zero-order valence-electron chi connectivity index (χ0n) is 9.66. The molecule has 0 saturated carbocycles. The highest BCUT2D eigenvalue weighted by Crippen LogP contribution is 2.31. The number of benzene rings is 1. The molecular weight excluding hydrogens is 277 g/mol. The van der Waals surface area contributed by atoms with Gasteiger partial charge in [0.05, 0.1) is 16.6 Å². The summed E-state index contributed by atoms with van der Waals surface area (Å²) in [4.78, 5) is 3.83. The number of pyridine rings is 1. The van der Waals surface area contributed by atoms with Crippen LogP contribution in [0.1, 0.15) is 22.7 Å². The molecule has 0 aliphatic carbocycles. The Morgan fingerprint density at radius 2 is 1.74 bits per heavy atom. The van der Waals surface area contributed by atoms with E-state index < -0.39 is 17.8 Å². The van der Waals surface area contributed by atoms with Crippen LogP contribution < -0.4 is 5.73 Å². The van der Waals surface area contributed by atoms with Crippen LogP contribution >= 0.6 is 11.6 Å². The molecule has 0 aliphatic heterocycles. The Morgan fingerprint density at radius 1 is 1.11 bits per heavy atom. The molecule has 100 valence electrons. The van der Waals surface area contributed by atoms with Gasteiger partial charge < -0.3 is 5.73 Å². The number of aromatic nitrogens is 1. The van der Waals surface area contributed by atoms with Crippen molar-refractivity contribution in [3.05, 3.63) is 64.4 Å². The van der Waals surface area contributed by atoms with Crippen molar-refractivity contribution in [3.8, 4) is 0 Å². The molecule has 0 saturated heterocycles. The van der Waals surface area contributed by atoms with Crippen LogP contribution in [0.3, 0.4) is 0 Å². The van der Waals surface area contributed by atoms with Crippen LogP contribution in [0.2, 0.25) is 5.02 Å². The van der Waals surface area contributed by atoms with Gasteiger partial charge in [-0.05, 0) is 29.3 Å². The average molecular weight is 287 g/mol. The van der Waals surface area contributed by atoms with E-state index in [1.807, 2.05) is 0 Å². The van der Waals surface area contributed by atoms with Gasteiger partial charge in [0, 0.05) is 12.4 Å². The molecule has 1 heterocycles. The van der Waals surface area contributed by atoms with Crippen molar-refractivity contribution in [2.75, 3.05) is 0 Å². The maximum atomic E-state index is 12.4. The summed E-state index contributed by atoms with van der Waals surface area (Å²) in [7, 11) is 0. The number of nitrogens with zero attached hydrogens (tertiary/aromatic N) is 1. The van der Waals surface area contributed by atoms with Crippen molar-refractivity contribution in [2.45, 2.75) is 12.2 Å². The van der Waals surface area contributed by atoms with Gasteiger partial charge >= 0.3 is 6.18 Å². The predicted octanol–water partition coefficient (Wildman–Crippen LogP) is 3.80. The Hall–Kier alpha value is -1.59. The fourth-order valence-corrected chi connectivity index (χ4v) is 1.93. The lowest BCUT2D eigenvalue weighted by Crippen LogP contribution is -2.13. The van der Waals surface area contributed by atoms with Gasteiger partial charge in [0.2, 0.25) is 0 Å². The fourth-order valence-electron chi connectivity index (χ4n) is 1.70. The van der Waals surface area contributed by atoms with Crippen LogP contribution in [0.4, 0.5) is 13.2 Å². The van der Waals surface area contributed by atoms with Crippen LogP contribution in [-0.4, -0.2) is 4.98 Å². The van der Waals surface area contributed by atoms with Crippen LogP contribution in [0.5, 0.6) is 0 Å². The van der Waals surface area contributed by atoms with E-state index in [-0.39, 0.29) is 0 Å². The molecule has 2 aromatic rings. The third-order valence-corrected chi connectivity index (χ3v) is 3.05. The molecule has 1 unspecified atom stereocenters. The van der Waals surface area contributed by atoms with E-state index in [2.05, 4.69) is 4.98 Å². The van der Waals surface area contributed by atoms with E-state index in [1.165, 1.54) is 24.5 Å². The van der Waals surface area contributed by atoms with Gasteiger partial charge in [-0.15, -0.1) is 0 Å². The highest BCUT2D eigenvalue weighted by Gasteiger charge is 2.30. The zero-order valence-corrected chi connectivity index (χ0v) is 10.4. The van der Waals surface area contributed by atoms with Crippen LogP contribution in [0, 0.1) is 0 Å². The second kappa shape index (κ2) is 5.19. The van der Waals surface area contributed by atoms with E-state index in [0.717, 1.165) is 12.1 Å². The number of rotatable bonds is 2. The summed E-state index contributed by atoms with van der Waals surface area (Å²) in [6.07, 6.45) is -1.37. The summed E-state index contributed by atoms with van der Waals surface area (Å²) >= 11 is 5.95. The van der Waals surface area contributed by atoms with Gasteiger partial charge in [-0.3, -0.25) is 4.98 Å². The van der Waals surface area contributed by atoms with Crippen LogP contribution in [0.25, 0.3) is 0 Å². The van der Waals surface area contributed by atoms with Crippen molar-refractivity contribution in [2.24, 2.45) is 5.73 Å². The summed E-state index contributed by atoms with van der Waals surface area (Å²) < 4.78 is 37.3. The molecule has 2 N–H and O–H groups in total. The largest absolute Gasteiger partial charge is 0.416 e. The van der Waals surface area contributed by atoms with Gasteiger partial charge in [0.15, 0.2) is 0 Å². The summed E-state index contributed by atoms with van der Waals surface area (Å²) in [6.45, 7) is 0. The minimum Gasteiger partial charge on any atom is -0.320 e. The molecular formula is C13H10ClF3N2. The quantitative estimate of drug-likeness (QED) is 0.912. The second-order valence-corrected chi connectivity index (χ2v) is 4.40. The molecule has 0 bridgehead atoms. The predicted molar refractivity (Wildman–Crippen MR) is 66.7 cm³/mol. The standard InChI is InChI=1S/C13H10ClF3N2/c14-11-7-19-6-5-10(11)12(18)8-1-3-9(4-2-8)13(15,16)17/h1-7,12H,18H2. The van der Waals surface area contributed by atoms with E-state index in [4.69, 9.17) is 17.3 Å². The smallest absolute Gasteiger partial charge is 0.320 e. The van der Waals surface area contributed by atoms with Gasteiger partial charge in [0.1, 0.15) is 0 Å². The van der Waals surface area contributed by atoms with Crippen molar-refractivity contribution in [1.29, 1.82) is 0 Å². The average Bonchev–Trinajstić information content (AvgIpc) is 2.38. The minimum atomic E-state index is -4.35. The number of halogens is 4. The molecule has 19 heavy (non-hydrogen) atoms. The van der Waals surface area contributed by atoms with Crippen molar-refractivity contribution in [3.63, 3.8) is 0 Å². The van der Waals surface area contributed by atoms with Crippen molar-refractivity contribution in [1.82, 2.24) is 4.98 Å². The Labute approximate surface area is 113 Å². The van der Waals surface area contributed by atoms with Gasteiger partial charge in [-0.1, -0.05) is 23.7 Å². The van der Waals surface area contributed by atoms with E-state index in [9.17, 15) is 13.2 Å². The molecule has 1 aromatic carbocycles. The summed E-state index contributed by atoms with van der Waals surface area (Å²) in [5, 5.41) is 0.384. The van der Waals surface area contributed by atoms with Crippen LogP contribution in [-0.2, 0) is 6.18 Å². The van der Waals surface area contributed by atoms with Crippen molar-refractivity contribution >= 4 is 11.6 Å². The SMILES string of the molecule is NC(c1ccc(C(F)(F)F)cc1)c1ccncc1Cl. The molecule has 0 spiro atoms. The van der Waals surface area contributed by atoms with Gasteiger partial charge in [-0.25, -0.2) is 0 Å². The number of alkyl halides is 3. The monoisotopic (exact) mass is 286 g/mol. The third-order valence-electron chi connectivity index (χ3n) is 2.74.